The zero-order valence-electron chi connectivity index (χ0n) is 12.4. The summed E-state index contributed by atoms with van der Waals surface area (Å²) in [6.07, 6.45) is 0. The molecule has 6 nitrogen and oxygen atoms in total. The van der Waals surface area contributed by atoms with Crippen molar-refractivity contribution in [1.82, 2.24) is 10.3 Å². The van der Waals surface area contributed by atoms with Crippen LogP contribution in [0.2, 0.25) is 0 Å². The minimum atomic E-state index is -1.08. The van der Waals surface area contributed by atoms with Crippen molar-refractivity contribution in [2.45, 2.75) is 19.9 Å². The highest BCUT2D eigenvalue weighted by atomic mass is 32.1. The van der Waals surface area contributed by atoms with Crippen LogP contribution in [0.4, 0.5) is 0 Å². The highest BCUT2D eigenvalue weighted by molar-refractivity contribution is 7.17. The van der Waals surface area contributed by atoms with Gasteiger partial charge < -0.3 is 15.2 Å². The molecule has 1 aromatic carbocycles. The molecule has 0 fully saturated rings. The molecule has 0 saturated carbocycles. The molecule has 0 saturated heterocycles. The Morgan fingerprint density at radius 3 is 2.77 bits per heavy atom. The van der Waals surface area contributed by atoms with Gasteiger partial charge in [-0.3, -0.25) is 9.59 Å². The summed E-state index contributed by atoms with van der Waals surface area (Å²) < 4.78 is 5.17. The lowest BCUT2D eigenvalue weighted by Crippen LogP contribution is -2.38. The standard InChI is InChI=1S/C15H16N2O4S/c1-8-12(13(18)16-9(2)15(19)20)22-14(17-8)10-5-4-6-11(7-10)21-3/h4-7,9H,1-3H3,(H,16,18)(H,19,20)/t9-/m0/s1. The number of amides is 1. The second kappa shape index (κ2) is 6.57. The molecule has 0 radical (unpaired) electrons. The van der Waals surface area contributed by atoms with Crippen LogP contribution in [0.3, 0.4) is 0 Å². The van der Waals surface area contributed by atoms with Gasteiger partial charge >= 0.3 is 5.97 Å². The average Bonchev–Trinajstić information content (AvgIpc) is 2.89. The summed E-state index contributed by atoms with van der Waals surface area (Å²) in [5.74, 6) is -0.807. The van der Waals surface area contributed by atoms with Gasteiger partial charge in [-0.05, 0) is 26.0 Å². The molecule has 116 valence electrons. The fourth-order valence-electron chi connectivity index (χ4n) is 1.81. The van der Waals surface area contributed by atoms with Crippen LogP contribution < -0.4 is 10.1 Å². The Labute approximate surface area is 131 Å². The third-order valence-corrected chi connectivity index (χ3v) is 4.24. The van der Waals surface area contributed by atoms with Gasteiger partial charge in [-0.25, -0.2) is 4.98 Å². The molecule has 2 N–H and O–H groups in total. The minimum Gasteiger partial charge on any atom is -0.497 e. The maximum atomic E-state index is 12.1. The van der Waals surface area contributed by atoms with Gasteiger partial charge in [0, 0.05) is 5.56 Å². The van der Waals surface area contributed by atoms with Crippen LogP contribution in [0.5, 0.6) is 5.75 Å². The fraction of sp³-hybridized carbons (Fsp3) is 0.267. The number of thiazole rings is 1. The number of nitrogens with zero attached hydrogens (tertiary/aromatic N) is 1. The highest BCUT2D eigenvalue weighted by Gasteiger charge is 2.20. The number of aryl methyl sites for hydroxylation is 1. The van der Waals surface area contributed by atoms with Crippen LogP contribution in [0, 0.1) is 6.92 Å². The van der Waals surface area contributed by atoms with E-state index in [4.69, 9.17) is 9.84 Å². The van der Waals surface area contributed by atoms with Crippen molar-refractivity contribution in [1.29, 1.82) is 0 Å². The Morgan fingerprint density at radius 1 is 1.41 bits per heavy atom. The predicted octanol–water partition coefficient (Wildman–Crippen LogP) is 2.33. The van der Waals surface area contributed by atoms with Crippen LogP contribution in [-0.2, 0) is 4.79 Å². The number of hydrogen-bond donors (Lipinski definition) is 2. The summed E-state index contributed by atoms with van der Waals surface area (Å²) >= 11 is 1.22. The molecule has 0 unspecified atom stereocenters. The number of aromatic nitrogens is 1. The first-order chi connectivity index (χ1) is 10.4. The number of ether oxygens (including phenoxy) is 1. The number of hydrogen-bond acceptors (Lipinski definition) is 5. The summed E-state index contributed by atoms with van der Waals surface area (Å²) in [5, 5.41) is 12.0. The average molecular weight is 320 g/mol. The van der Waals surface area contributed by atoms with Crippen LogP contribution in [0.1, 0.15) is 22.3 Å². The van der Waals surface area contributed by atoms with E-state index >= 15 is 0 Å². The fourth-order valence-corrected chi connectivity index (χ4v) is 2.78. The van der Waals surface area contributed by atoms with Crippen LogP contribution in [-0.4, -0.2) is 35.1 Å². The summed E-state index contributed by atoms with van der Waals surface area (Å²) in [5.41, 5.74) is 1.41. The van der Waals surface area contributed by atoms with E-state index in [1.54, 1.807) is 14.0 Å². The zero-order chi connectivity index (χ0) is 16.3. The topological polar surface area (TPSA) is 88.5 Å². The molecule has 1 aromatic heterocycles. The molecule has 1 atom stereocenters. The molecule has 0 bridgehead atoms. The first kappa shape index (κ1) is 16.0. The number of aliphatic carboxylic acids is 1. The molecule has 22 heavy (non-hydrogen) atoms. The molecule has 2 aromatic rings. The maximum Gasteiger partial charge on any atom is 0.325 e. The number of carboxylic acid groups (broad SMARTS) is 1. The van der Waals surface area contributed by atoms with Gasteiger partial charge in [0.1, 0.15) is 21.7 Å². The molecular formula is C15H16N2O4S. The van der Waals surface area contributed by atoms with E-state index in [1.165, 1.54) is 18.3 Å². The van der Waals surface area contributed by atoms with Gasteiger partial charge in [0.25, 0.3) is 5.91 Å². The number of nitrogens with one attached hydrogen (secondary N) is 1. The quantitative estimate of drug-likeness (QED) is 0.882. The lowest BCUT2D eigenvalue weighted by molar-refractivity contribution is -0.138. The third kappa shape index (κ3) is 3.43. The van der Waals surface area contributed by atoms with Gasteiger partial charge in [-0.1, -0.05) is 12.1 Å². The maximum absolute atomic E-state index is 12.1. The Morgan fingerprint density at radius 2 is 2.14 bits per heavy atom. The third-order valence-electron chi connectivity index (χ3n) is 3.04. The molecule has 0 aliphatic rings. The summed E-state index contributed by atoms with van der Waals surface area (Å²) in [4.78, 5) is 27.7. The van der Waals surface area contributed by atoms with E-state index in [0.29, 0.717) is 21.3 Å². The van der Waals surface area contributed by atoms with Crippen molar-refractivity contribution in [2.75, 3.05) is 7.11 Å². The van der Waals surface area contributed by atoms with Gasteiger partial charge in [0.2, 0.25) is 0 Å². The number of carbonyl (C=O) groups is 2. The molecule has 7 heteroatoms. The van der Waals surface area contributed by atoms with Crippen LogP contribution in [0.25, 0.3) is 10.6 Å². The molecule has 2 rings (SSSR count). The lowest BCUT2D eigenvalue weighted by atomic mass is 10.2. The van der Waals surface area contributed by atoms with Crippen LogP contribution in [0.15, 0.2) is 24.3 Å². The van der Waals surface area contributed by atoms with E-state index in [0.717, 1.165) is 5.56 Å². The van der Waals surface area contributed by atoms with E-state index in [2.05, 4.69) is 10.3 Å². The van der Waals surface area contributed by atoms with Crippen molar-refractivity contribution in [3.05, 3.63) is 34.8 Å². The van der Waals surface area contributed by atoms with Crippen molar-refractivity contribution in [2.24, 2.45) is 0 Å². The SMILES string of the molecule is COc1cccc(-c2nc(C)c(C(=O)N[C@@H](C)C(=O)O)s2)c1. The molecule has 0 aliphatic carbocycles. The number of benzene rings is 1. The van der Waals surface area contributed by atoms with E-state index in [9.17, 15) is 9.59 Å². The smallest absolute Gasteiger partial charge is 0.325 e. The predicted molar refractivity (Wildman–Crippen MR) is 83.4 cm³/mol. The van der Waals surface area contributed by atoms with Crippen molar-refractivity contribution >= 4 is 23.2 Å². The highest BCUT2D eigenvalue weighted by Crippen LogP contribution is 2.30. The number of methoxy groups -OCH3 is 1. The van der Waals surface area contributed by atoms with Gasteiger partial charge in [-0.15, -0.1) is 11.3 Å². The van der Waals surface area contributed by atoms with Gasteiger partial charge in [-0.2, -0.15) is 0 Å². The minimum absolute atomic E-state index is 0.408. The van der Waals surface area contributed by atoms with E-state index in [1.807, 2.05) is 24.3 Å². The summed E-state index contributed by atoms with van der Waals surface area (Å²) in [6.45, 7) is 3.14. The zero-order valence-corrected chi connectivity index (χ0v) is 13.2. The van der Waals surface area contributed by atoms with Crippen molar-refractivity contribution in [3.63, 3.8) is 0 Å². The van der Waals surface area contributed by atoms with Crippen LogP contribution >= 0.6 is 11.3 Å². The Bertz CT molecular complexity index is 711. The lowest BCUT2D eigenvalue weighted by Gasteiger charge is -2.07. The summed E-state index contributed by atoms with van der Waals surface area (Å²) in [7, 11) is 1.58. The Balaban J connectivity index is 2.27. The van der Waals surface area contributed by atoms with Crippen molar-refractivity contribution in [3.8, 4) is 16.3 Å². The van der Waals surface area contributed by atoms with Gasteiger partial charge in [0.05, 0.1) is 12.8 Å². The van der Waals surface area contributed by atoms with Gasteiger partial charge in [0.15, 0.2) is 0 Å². The molecule has 1 amide bonds. The first-order valence-corrected chi connectivity index (χ1v) is 7.39. The molecule has 0 aliphatic heterocycles. The summed E-state index contributed by atoms with van der Waals surface area (Å²) in [6, 6.07) is 6.43. The number of carbonyl (C=O) groups excluding carboxylic acids is 1. The largest absolute Gasteiger partial charge is 0.497 e. The van der Waals surface area contributed by atoms with E-state index in [-0.39, 0.29) is 0 Å². The number of rotatable bonds is 5. The van der Waals surface area contributed by atoms with Crippen molar-refractivity contribution < 1.29 is 19.4 Å². The Hall–Kier alpha value is -2.41. The van der Waals surface area contributed by atoms with E-state index < -0.39 is 17.9 Å². The second-order valence-corrected chi connectivity index (χ2v) is 5.70. The molecule has 1 heterocycles. The molecular weight excluding hydrogens is 304 g/mol. The second-order valence-electron chi connectivity index (χ2n) is 4.70. The monoisotopic (exact) mass is 320 g/mol. The first-order valence-electron chi connectivity index (χ1n) is 6.58. The Kier molecular flexibility index (Phi) is 4.77. The number of carboxylic acids is 1. The molecule has 0 spiro atoms. The normalized spacial score (nSPS) is 11.8.